The van der Waals surface area contributed by atoms with Gasteiger partial charge in [-0.3, -0.25) is 13.9 Å². The Hall–Kier alpha value is -2.73. The van der Waals surface area contributed by atoms with Crippen molar-refractivity contribution in [2.24, 2.45) is 14.1 Å². The van der Waals surface area contributed by atoms with Gasteiger partial charge in [0.25, 0.3) is 5.56 Å². The van der Waals surface area contributed by atoms with E-state index in [2.05, 4.69) is 12.1 Å². The van der Waals surface area contributed by atoms with Crippen LogP contribution in [0.2, 0.25) is 0 Å². The second kappa shape index (κ2) is 5.97. The summed E-state index contributed by atoms with van der Waals surface area (Å²) >= 11 is 1.72. The van der Waals surface area contributed by atoms with E-state index in [1.54, 1.807) is 18.8 Å². The number of hydrogen-bond acceptors (Lipinski definition) is 4. The number of furan rings is 1. The maximum atomic E-state index is 12.5. The molecule has 0 N–H and O–H groups in total. The van der Waals surface area contributed by atoms with Crippen LogP contribution < -0.4 is 11.2 Å². The summed E-state index contributed by atoms with van der Waals surface area (Å²) in [6, 6.07) is 10.1. The first-order valence-electron chi connectivity index (χ1n) is 7.87. The average molecular weight is 352 g/mol. The highest BCUT2D eigenvalue weighted by Gasteiger charge is 2.20. The van der Waals surface area contributed by atoms with Crippen LogP contribution in [0.1, 0.15) is 11.3 Å². The molecular weight excluding hydrogens is 336 g/mol. The SMILES string of the molecule is Cn1c(=O)c2c3c(oc2n(C)c1=O)C=CC(Sc1ccccc1)C=C3. The Labute approximate surface area is 147 Å². The van der Waals surface area contributed by atoms with E-state index < -0.39 is 5.69 Å². The van der Waals surface area contributed by atoms with Crippen LogP contribution >= 0.6 is 11.8 Å². The fourth-order valence-electron chi connectivity index (χ4n) is 2.92. The Kier molecular flexibility index (Phi) is 3.77. The normalized spacial score (nSPS) is 16.2. The molecule has 0 amide bonds. The van der Waals surface area contributed by atoms with Gasteiger partial charge in [0.1, 0.15) is 11.1 Å². The first kappa shape index (κ1) is 15.8. The van der Waals surface area contributed by atoms with Crippen LogP contribution in [0, 0.1) is 0 Å². The molecule has 1 aliphatic rings. The van der Waals surface area contributed by atoms with Gasteiger partial charge in [-0.05, 0) is 18.2 Å². The fraction of sp³-hybridized carbons (Fsp3) is 0.158. The molecule has 4 rings (SSSR count). The van der Waals surface area contributed by atoms with Crippen molar-refractivity contribution in [1.29, 1.82) is 0 Å². The molecule has 1 aliphatic carbocycles. The second-order valence-electron chi connectivity index (χ2n) is 5.88. The van der Waals surface area contributed by atoms with E-state index in [4.69, 9.17) is 4.42 Å². The maximum absolute atomic E-state index is 12.5. The Morgan fingerprint density at radius 3 is 2.48 bits per heavy atom. The lowest BCUT2D eigenvalue weighted by atomic mass is 10.2. The molecule has 25 heavy (non-hydrogen) atoms. The molecule has 0 saturated carbocycles. The summed E-state index contributed by atoms with van der Waals surface area (Å²) in [5.74, 6) is 0.598. The molecule has 0 saturated heterocycles. The van der Waals surface area contributed by atoms with Crippen LogP contribution in [0.15, 0.2) is 61.4 Å². The highest BCUT2D eigenvalue weighted by atomic mass is 32.2. The third-order valence-corrected chi connectivity index (χ3v) is 5.39. The molecule has 0 fully saturated rings. The minimum absolute atomic E-state index is 0.136. The lowest BCUT2D eigenvalue weighted by Crippen LogP contribution is -2.36. The quantitative estimate of drug-likeness (QED) is 0.711. The summed E-state index contributed by atoms with van der Waals surface area (Å²) in [5.41, 5.74) is 0.294. The molecule has 0 radical (unpaired) electrons. The minimum Gasteiger partial charge on any atom is -0.439 e. The van der Waals surface area contributed by atoms with Crippen molar-refractivity contribution in [3.63, 3.8) is 0 Å². The van der Waals surface area contributed by atoms with Crippen molar-refractivity contribution in [3.8, 4) is 0 Å². The van der Waals surface area contributed by atoms with Gasteiger partial charge in [0.15, 0.2) is 0 Å². The van der Waals surface area contributed by atoms with Crippen molar-refractivity contribution >= 4 is 35.0 Å². The van der Waals surface area contributed by atoms with E-state index in [0.29, 0.717) is 16.9 Å². The number of hydrogen-bond donors (Lipinski definition) is 0. The number of rotatable bonds is 2. The molecule has 1 unspecified atom stereocenters. The summed E-state index contributed by atoms with van der Waals surface area (Å²) in [6.45, 7) is 0. The zero-order valence-electron chi connectivity index (χ0n) is 13.8. The summed E-state index contributed by atoms with van der Waals surface area (Å²) in [7, 11) is 3.09. The smallest absolute Gasteiger partial charge is 0.333 e. The van der Waals surface area contributed by atoms with Crippen LogP contribution in [-0.4, -0.2) is 14.4 Å². The first-order valence-corrected chi connectivity index (χ1v) is 8.75. The van der Waals surface area contributed by atoms with Crippen molar-refractivity contribution in [2.75, 3.05) is 0 Å². The zero-order valence-corrected chi connectivity index (χ0v) is 14.6. The van der Waals surface area contributed by atoms with Crippen LogP contribution in [-0.2, 0) is 14.1 Å². The van der Waals surface area contributed by atoms with E-state index in [0.717, 1.165) is 10.1 Å². The molecule has 2 heterocycles. The standard InChI is InChI=1S/C19H16N2O3S/c1-20-17(22)16-14-10-8-13(25-12-6-4-3-5-7-12)9-11-15(14)24-18(16)21(2)19(20)23/h3-11,13H,1-2H3. The number of aromatic nitrogens is 2. The minimum atomic E-state index is -0.396. The molecular formula is C19H16N2O3S. The van der Waals surface area contributed by atoms with Crippen LogP contribution in [0.3, 0.4) is 0 Å². The molecule has 3 aromatic rings. The van der Waals surface area contributed by atoms with Gasteiger partial charge >= 0.3 is 5.69 Å². The predicted octanol–water partition coefficient (Wildman–Crippen LogP) is 3.03. The van der Waals surface area contributed by atoms with Gasteiger partial charge in [0.2, 0.25) is 5.71 Å². The van der Waals surface area contributed by atoms with Gasteiger partial charge < -0.3 is 4.42 Å². The van der Waals surface area contributed by atoms with E-state index in [1.807, 2.05) is 42.5 Å². The molecule has 0 bridgehead atoms. The summed E-state index contributed by atoms with van der Waals surface area (Å²) in [4.78, 5) is 25.8. The van der Waals surface area contributed by atoms with E-state index in [-0.39, 0.29) is 10.8 Å². The number of benzene rings is 1. The fourth-order valence-corrected chi connectivity index (χ4v) is 3.86. The molecule has 6 heteroatoms. The Morgan fingerprint density at radius 1 is 1.00 bits per heavy atom. The summed E-state index contributed by atoms with van der Waals surface area (Å²) in [6.07, 6.45) is 7.86. The summed E-state index contributed by atoms with van der Waals surface area (Å²) < 4.78 is 8.29. The van der Waals surface area contributed by atoms with Gasteiger partial charge in [0, 0.05) is 29.8 Å². The molecule has 126 valence electrons. The van der Waals surface area contributed by atoms with E-state index in [9.17, 15) is 9.59 Å². The Bertz CT molecular complexity index is 1130. The molecule has 0 spiro atoms. The van der Waals surface area contributed by atoms with Crippen LogP contribution in [0.4, 0.5) is 0 Å². The van der Waals surface area contributed by atoms with Crippen LogP contribution in [0.5, 0.6) is 0 Å². The van der Waals surface area contributed by atoms with E-state index >= 15 is 0 Å². The Balaban J connectivity index is 1.81. The third kappa shape index (κ3) is 2.59. The van der Waals surface area contributed by atoms with E-state index in [1.165, 1.54) is 16.5 Å². The first-order chi connectivity index (χ1) is 12.1. The average Bonchev–Trinajstić information content (AvgIpc) is 2.89. The summed E-state index contributed by atoms with van der Waals surface area (Å²) in [5, 5.41) is 0.572. The molecule has 1 aromatic carbocycles. The van der Waals surface area contributed by atoms with Gasteiger partial charge in [-0.15, -0.1) is 11.8 Å². The zero-order chi connectivity index (χ0) is 17.6. The second-order valence-corrected chi connectivity index (χ2v) is 7.13. The third-order valence-electron chi connectivity index (χ3n) is 4.26. The predicted molar refractivity (Wildman–Crippen MR) is 101 cm³/mol. The molecule has 0 aliphatic heterocycles. The van der Waals surface area contributed by atoms with Gasteiger partial charge in [0.05, 0.1) is 0 Å². The van der Waals surface area contributed by atoms with Gasteiger partial charge in [-0.2, -0.15) is 0 Å². The molecule has 5 nitrogen and oxygen atoms in total. The molecule has 2 aromatic heterocycles. The van der Waals surface area contributed by atoms with Crippen molar-refractivity contribution in [1.82, 2.24) is 9.13 Å². The number of aryl methyl sites for hydroxylation is 1. The largest absolute Gasteiger partial charge is 0.439 e. The van der Waals surface area contributed by atoms with Crippen molar-refractivity contribution < 1.29 is 4.42 Å². The monoisotopic (exact) mass is 352 g/mol. The lowest BCUT2D eigenvalue weighted by Gasteiger charge is -2.06. The number of fused-ring (bicyclic) bond motifs is 3. The lowest BCUT2D eigenvalue weighted by molar-refractivity contribution is 0.555. The van der Waals surface area contributed by atoms with Crippen LogP contribution in [0.25, 0.3) is 23.3 Å². The number of thioether (sulfide) groups is 1. The van der Waals surface area contributed by atoms with Gasteiger partial charge in [-0.1, -0.05) is 36.4 Å². The topological polar surface area (TPSA) is 57.1 Å². The highest BCUT2D eigenvalue weighted by molar-refractivity contribution is 8.00. The van der Waals surface area contributed by atoms with Crippen molar-refractivity contribution in [2.45, 2.75) is 10.1 Å². The molecule has 1 atom stereocenters. The highest BCUT2D eigenvalue weighted by Crippen LogP contribution is 2.32. The number of nitrogens with zero attached hydrogens (tertiary/aromatic N) is 2. The Morgan fingerprint density at radius 2 is 1.72 bits per heavy atom. The maximum Gasteiger partial charge on any atom is 0.333 e. The van der Waals surface area contributed by atoms with Gasteiger partial charge in [-0.25, -0.2) is 4.79 Å². The van der Waals surface area contributed by atoms with Crippen molar-refractivity contribution in [3.05, 3.63) is 74.6 Å².